The van der Waals surface area contributed by atoms with E-state index >= 15 is 0 Å². The second kappa shape index (κ2) is 9.54. The van der Waals surface area contributed by atoms with Gasteiger partial charge >= 0.3 is 0 Å². The van der Waals surface area contributed by atoms with Gasteiger partial charge in [-0.2, -0.15) is 0 Å². The van der Waals surface area contributed by atoms with Crippen molar-refractivity contribution in [2.75, 3.05) is 33.4 Å². The molecule has 1 saturated heterocycles. The van der Waals surface area contributed by atoms with Crippen LogP contribution in [-0.2, 0) is 4.79 Å². The molecule has 1 fully saturated rings. The van der Waals surface area contributed by atoms with Gasteiger partial charge in [0.25, 0.3) is 0 Å². The molecule has 0 radical (unpaired) electrons. The number of ether oxygens (including phenoxy) is 2. The third-order valence-corrected chi connectivity index (χ3v) is 3.68. The molecule has 1 heterocycles. The van der Waals surface area contributed by atoms with Crippen LogP contribution in [0.1, 0.15) is 19.8 Å². The highest BCUT2D eigenvalue weighted by molar-refractivity contribution is 5.85. The molecule has 0 saturated carbocycles. The maximum absolute atomic E-state index is 12.1. The average molecular weight is 329 g/mol. The zero-order valence-electron chi connectivity index (χ0n) is 13.2. The summed E-state index contributed by atoms with van der Waals surface area (Å²) in [5.41, 5.74) is 0. The van der Waals surface area contributed by atoms with Crippen molar-refractivity contribution in [1.82, 2.24) is 10.2 Å². The molecular weight excluding hydrogens is 304 g/mol. The number of methoxy groups -OCH3 is 1. The van der Waals surface area contributed by atoms with Crippen molar-refractivity contribution >= 4 is 18.3 Å². The van der Waals surface area contributed by atoms with E-state index in [2.05, 4.69) is 12.2 Å². The van der Waals surface area contributed by atoms with Crippen LogP contribution in [0.25, 0.3) is 0 Å². The van der Waals surface area contributed by atoms with Gasteiger partial charge in [0, 0.05) is 32.1 Å². The van der Waals surface area contributed by atoms with E-state index in [9.17, 15) is 4.79 Å². The summed E-state index contributed by atoms with van der Waals surface area (Å²) in [5.74, 6) is 1.84. The summed E-state index contributed by atoms with van der Waals surface area (Å²) >= 11 is 0. The first kappa shape index (κ1) is 18.6. The molecule has 1 aliphatic rings. The Labute approximate surface area is 138 Å². The number of hydrogen-bond acceptors (Lipinski definition) is 4. The van der Waals surface area contributed by atoms with Crippen molar-refractivity contribution in [3.63, 3.8) is 0 Å². The van der Waals surface area contributed by atoms with Gasteiger partial charge in [-0.15, -0.1) is 12.4 Å². The van der Waals surface area contributed by atoms with Gasteiger partial charge < -0.3 is 19.7 Å². The van der Waals surface area contributed by atoms with Crippen molar-refractivity contribution < 1.29 is 14.3 Å². The number of nitrogens with zero attached hydrogens (tertiary/aromatic N) is 1. The Bertz CT molecular complexity index is 453. The molecule has 0 bridgehead atoms. The maximum Gasteiger partial charge on any atom is 0.223 e. The summed E-state index contributed by atoms with van der Waals surface area (Å²) in [6, 6.07) is 7.76. The highest BCUT2D eigenvalue weighted by Gasteiger charge is 2.22. The molecule has 22 heavy (non-hydrogen) atoms. The fourth-order valence-corrected chi connectivity index (χ4v) is 2.44. The molecule has 0 spiro atoms. The molecule has 1 N–H and O–H groups in total. The number of nitrogens with one attached hydrogen (secondary N) is 1. The van der Waals surface area contributed by atoms with E-state index in [-0.39, 0.29) is 24.4 Å². The molecule has 1 aromatic carbocycles. The molecule has 1 amide bonds. The minimum Gasteiger partial charge on any atom is -0.497 e. The lowest BCUT2D eigenvalue weighted by molar-refractivity contribution is -0.134. The zero-order chi connectivity index (χ0) is 15.1. The molecular formula is C16H25ClN2O3. The van der Waals surface area contributed by atoms with Crippen molar-refractivity contribution in [3.05, 3.63) is 24.3 Å². The minimum atomic E-state index is 0. The lowest BCUT2D eigenvalue weighted by Crippen LogP contribution is -2.52. The van der Waals surface area contributed by atoms with E-state index in [0.717, 1.165) is 37.6 Å². The van der Waals surface area contributed by atoms with Crippen LogP contribution in [0.2, 0.25) is 0 Å². The van der Waals surface area contributed by atoms with Gasteiger partial charge in [-0.3, -0.25) is 4.79 Å². The molecule has 2 rings (SSSR count). The summed E-state index contributed by atoms with van der Waals surface area (Å²) in [4.78, 5) is 14.1. The molecule has 0 aromatic heterocycles. The van der Waals surface area contributed by atoms with E-state index in [0.29, 0.717) is 13.0 Å². The van der Waals surface area contributed by atoms with Gasteiger partial charge in [0.1, 0.15) is 11.5 Å². The quantitative estimate of drug-likeness (QED) is 0.812. The largest absolute Gasteiger partial charge is 0.497 e. The van der Waals surface area contributed by atoms with E-state index in [1.807, 2.05) is 29.2 Å². The standard InChI is InChI=1S/C16H24N2O3.ClH/c1-13-12-17-9-10-18(13)16(19)4-3-11-21-15-7-5-14(20-2)6-8-15;/h5-8,13,17H,3-4,9-12H2,1-2H3;1H. The van der Waals surface area contributed by atoms with Crippen molar-refractivity contribution in [1.29, 1.82) is 0 Å². The molecule has 1 unspecified atom stereocenters. The van der Waals surface area contributed by atoms with E-state index in [1.165, 1.54) is 0 Å². The Morgan fingerprint density at radius 1 is 1.32 bits per heavy atom. The first-order valence-corrected chi connectivity index (χ1v) is 7.47. The maximum atomic E-state index is 12.1. The third-order valence-electron chi connectivity index (χ3n) is 3.68. The number of hydrogen-bond donors (Lipinski definition) is 1. The molecule has 5 nitrogen and oxygen atoms in total. The topological polar surface area (TPSA) is 50.8 Å². The first-order valence-electron chi connectivity index (χ1n) is 7.47. The monoisotopic (exact) mass is 328 g/mol. The van der Waals surface area contributed by atoms with Crippen LogP contribution >= 0.6 is 12.4 Å². The number of carbonyl (C=O) groups excluding carboxylic acids is 1. The third kappa shape index (κ3) is 5.39. The van der Waals surface area contributed by atoms with Gasteiger partial charge in [-0.05, 0) is 37.6 Å². The van der Waals surface area contributed by atoms with Crippen LogP contribution in [0.5, 0.6) is 11.5 Å². The van der Waals surface area contributed by atoms with Crippen molar-refractivity contribution in [3.8, 4) is 11.5 Å². The van der Waals surface area contributed by atoms with Crippen LogP contribution in [0.3, 0.4) is 0 Å². The Morgan fingerprint density at radius 2 is 2.00 bits per heavy atom. The molecule has 1 aromatic rings. The van der Waals surface area contributed by atoms with E-state index in [1.54, 1.807) is 7.11 Å². The number of halogens is 1. The van der Waals surface area contributed by atoms with E-state index in [4.69, 9.17) is 9.47 Å². The van der Waals surface area contributed by atoms with Gasteiger partial charge in [0.05, 0.1) is 13.7 Å². The predicted molar refractivity (Wildman–Crippen MR) is 89.0 cm³/mol. The molecule has 1 aliphatic heterocycles. The van der Waals surface area contributed by atoms with Crippen LogP contribution in [0.15, 0.2) is 24.3 Å². The Balaban J connectivity index is 0.00000242. The summed E-state index contributed by atoms with van der Waals surface area (Å²) < 4.78 is 10.7. The van der Waals surface area contributed by atoms with Crippen molar-refractivity contribution in [2.45, 2.75) is 25.8 Å². The summed E-state index contributed by atoms with van der Waals surface area (Å²) in [6.07, 6.45) is 1.28. The van der Waals surface area contributed by atoms with Gasteiger partial charge in [-0.25, -0.2) is 0 Å². The summed E-state index contributed by atoms with van der Waals surface area (Å²) in [6.45, 7) is 5.21. The van der Waals surface area contributed by atoms with Gasteiger partial charge in [0.2, 0.25) is 5.91 Å². The molecule has 6 heteroatoms. The first-order chi connectivity index (χ1) is 10.2. The highest BCUT2D eigenvalue weighted by Crippen LogP contribution is 2.17. The molecule has 124 valence electrons. The second-order valence-electron chi connectivity index (χ2n) is 5.27. The summed E-state index contributed by atoms with van der Waals surface area (Å²) in [5, 5.41) is 3.29. The SMILES string of the molecule is COc1ccc(OCCCC(=O)N2CCNCC2C)cc1.Cl. The van der Waals surface area contributed by atoms with Crippen molar-refractivity contribution in [2.24, 2.45) is 0 Å². The van der Waals surface area contributed by atoms with Gasteiger partial charge in [-0.1, -0.05) is 0 Å². The second-order valence-corrected chi connectivity index (χ2v) is 5.27. The number of benzene rings is 1. The zero-order valence-corrected chi connectivity index (χ0v) is 14.0. The Kier molecular flexibility index (Phi) is 8.06. The van der Waals surface area contributed by atoms with Crippen LogP contribution < -0.4 is 14.8 Å². The van der Waals surface area contributed by atoms with Crippen LogP contribution in [0.4, 0.5) is 0 Å². The smallest absolute Gasteiger partial charge is 0.223 e. The van der Waals surface area contributed by atoms with Gasteiger partial charge in [0.15, 0.2) is 0 Å². The number of rotatable bonds is 6. The highest BCUT2D eigenvalue weighted by atomic mass is 35.5. The minimum absolute atomic E-state index is 0. The average Bonchev–Trinajstić information content (AvgIpc) is 2.52. The van der Waals surface area contributed by atoms with Crippen LogP contribution in [0, 0.1) is 0 Å². The molecule has 0 aliphatic carbocycles. The Morgan fingerprint density at radius 3 is 2.64 bits per heavy atom. The number of piperazine rings is 1. The number of amides is 1. The lowest BCUT2D eigenvalue weighted by Gasteiger charge is -2.34. The summed E-state index contributed by atoms with van der Waals surface area (Å²) in [7, 11) is 1.64. The predicted octanol–water partition coefficient (Wildman–Crippen LogP) is 2.10. The fraction of sp³-hybridized carbons (Fsp3) is 0.562. The number of carbonyl (C=O) groups is 1. The normalized spacial score (nSPS) is 17.5. The van der Waals surface area contributed by atoms with E-state index < -0.39 is 0 Å². The van der Waals surface area contributed by atoms with Crippen LogP contribution in [-0.4, -0.2) is 50.2 Å². The molecule has 1 atom stereocenters. The Hall–Kier alpha value is -1.46. The lowest BCUT2D eigenvalue weighted by atomic mass is 10.2. The fourth-order valence-electron chi connectivity index (χ4n) is 2.44.